The fourth-order valence-electron chi connectivity index (χ4n) is 1.60. The van der Waals surface area contributed by atoms with Gasteiger partial charge in [0.25, 0.3) is 0 Å². The van der Waals surface area contributed by atoms with Crippen molar-refractivity contribution in [3.8, 4) is 11.5 Å². The Hall–Kier alpha value is -2.60. The van der Waals surface area contributed by atoms with Gasteiger partial charge in [-0.05, 0) is 18.2 Å². The number of hydrogen-bond acceptors (Lipinski definition) is 4. The van der Waals surface area contributed by atoms with E-state index in [0.717, 1.165) is 0 Å². The average Bonchev–Trinajstić information content (AvgIpc) is 2.38. The maximum absolute atomic E-state index is 10.9. The largest absolute Gasteiger partial charge is 0.450 e. The molecule has 0 saturated carbocycles. The van der Waals surface area contributed by atoms with Gasteiger partial charge in [-0.15, -0.1) is 0 Å². The number of nitro groups is 1. The number of amidine groups is 1. The van der Waals surface area contributed by atoms with Crippen molar-refractivity contribution >= 4 is 23.1 Å². The Kier molecular flexibility index (Phi) is 3.86. The van der Waals surface area contributed by atoms with E-state index < -0.39 is 4.92 Å². The molecule has 0 heterocycles. The van der Waals surface area contributed by atoms with E-state index >= 15 is 0 Å². The first-order valence-electron chi connectivity index (χ1n) is 5.54. The standard InChI is InChI=1S/C13H10ClN3O3/c14-10-7-8(5-6-9(10)13(15)16)20-12-4-2-1-3-11(12)17(18)19/h1-7H,(H3,15,16). The molecule has 0 aromatic heterocycles. The Labute approximate surface area is 119 Å². The summed E-state index contributed by atoms with van der Waals surface area (Å²) in [5, 5.41) is 18.4. The van der Waals surface area contributed by atoms with Crippen molar-refractivity contribution in [3.05, 3.63) is 63.2 Å². The lowest BCUT2D eigenvalue weighted by Gasteiger charge is -2.08. The van der Waals surface area contributed by atoms with Crippen LogP contribution in [0, 0.1) is 15.5 Å². The van der Waals surface area contributed by atoms with E-state index in [0.29, 0.717) is 11.3 Å². The minimum Gasteiger partial charge on any atom is -0.450 e. The summed E-state index contributed by atoms with van der Waals surface area (Å²) < 4.78 is 5.45. The van der Waals surface area contributed by atoms with E-state index in [1.807, 2.05) is 0 Å². The van der Waals surface area contributed by atoms with Crippen LogP contribution in [0.15, 0.2) is 42.5 Å². The molecule has 0 unspecified atom stereocenters. The fraction of sp³-hybridized carbons (Fsp3) is 0. The van der Waals surface area contributed by atoms with Crippen molar-refractivity contribution in [2.45, 2.75) is 0 Å². The van der Waals surface area contributed by atoms with Crippen LogP contribution in [-0.2, 0) is 0 Å². The van der Waals surface area contributed by atoms with Gasteiger partial charge < -0.3 is 10.5 Å². The monoisotopic (exact) mass is 291 g/mol. The number of nitrogens with zero attached hydrogens (tertiary/aromatic N) is 1. The predicted octanol–water partition coefficient (Wildman–Crippen LogP) is 3.32. The molecule has 0 spiro atoms. The third kappa shape index (κ3) is 2.86. The summed E-state index contributed by atoms with van der Waals surface area (Å²) in [6.07, 6.45) is 0. The molecule has 6 nitrogen and oxygen atoms in total. The highest BCUT2D eigenvalue weighted by molar-refractivity contribution is 6.34. The zero-order chi connectivity index (χ0) is 14.7. The molecule has 7 heteroatoms. The van der Waals surface area contributed by atoms with Crippen molar-refractivity contribution in [1.82, 2.24) is 0 Å². The number of ether oxygens (including phenoxy) is 1. The first-order chi connectivity index (χ1) is 9.49. The molecule has 2 rings (SSSR count). The molecule has 0 aliphatic carbocycles. The minimum atomic E-state index is -0.527. The topological polar surface area (TPSA) is 102 Å². The van der Waals surface area contributed by atoms with E-state index in [1.54, 1.807) is 18.2 Å². The second-order valence-corrected chi connectivity index (χ2v) is 4.29. The van der Waals surface area contributed by atoms with Gasteiger partial charge in [0, 0.05) is 17.7 Å². The van der Waals surface area contributed by atoms with E-state index in [2.05, 4.69) is 0 Å². The predicted molar refractivity (Wildman–Crippen MR) is 75.6 cm³/mol. The van der Waals surface area contributed by atoms with Crippen molar-refractivity contribution in [3.63, 3.8) is 0 Å². The minimum absolute atomic E-state index is 0.115. The Morgan fingerprint density at radius 3 is 2.60 bits per heavy atom. The molecule has 0 bridgehead atoms. The number of nitrogen functional groups attached to an aromatic ring is 1. The normalized spacial score (nSPS) is 10.1. The van der Waals surface area contributed by atoms with E-state index in [4.69, 9.17) is 27.5 Å². The molecule has 0 amide bonds. The summed E-state index contributed by atoms with van der Waals surface area (Å²) in [5.41, 5.74) is 5.59. The Bertz CT molecular complexity index is 688. The molecular weight excluding hydrogens is 282 g/mol. The summed E-state index contributed by atoms with van der Waals surface area (Å²) in [6.45, 7) is 0. The summed E-state index contributed by atoms with van der Waals surface area (Å²) in [7, 11) is 0. The number of hydrogen-bond donors (Lipinski definition) is 2. The van der Waals surface area contributed by atoms with Crippen LogP contribution in [-0.4, -0.2) is 10.8 Å². The van der Waals surface area contributed by atoms with Gasteiger partial charge in [0.1, 0.15) is 11.6 Å². The van der Waals surface area contributed by atoms with Gasteiger partial charge in [-0.3, -0.25) is 15.5 Å². The van der Waals surface area contributed by atoms with Crippen molar-refractivity contribution in [2.24, 2.45) is 5.73 Å². The number of benzene rings is 2. The average molecular weight is 292 g/mol. The molecule has 2 aromatic rings. The molecule has 0 radical (unpaired) electrons. The van der Waals surface area contributed by atoms with Crippen LogP contribution in [0.2, 0.25) is 5.02 Å². The number of halogens is 1. The van der Waals surface area contributed by atoms with Gasteiger partial charge in [-0.1, -0.05) is 23.7 Å². The molecule has 102 valence electrons. The fourth-order valence-corrected chi connectivity index (χ4v) is 1.87. The zero-order valence-corrected chi connectivity index (χ0v) is 10.9. The molecule has 20 heavy (non-hydrogen) atoms. The van der Waals surface area contributed by atoms with Crippen LogP contribution < -0.4 is 10.5 Å². The molecule has 0 fully saturated rings. The lowest BCUT2D eigenvalue weighted by atomic mass is 10.2. The van der Waals surface area contributed by atoms with Crippen LogP contribution in [0.3, 0.4) is 0 Å². The van der Waals surface area contributed by atoms with Gasteiger partial charge in [0.05, 0.1) is 9.95 Å². The molecule has 2 aromatic carbocycles. The van der Waals surface area contributed by atoms with E-state index in [1.165, 1.54) is 24.3 Å². The Morgan fingerprint density at radius 1 is 1.30 bits per heavy atom. The first kappa shape index (κ1) is 13.8. The van der Waals surface area contributed by atoms with Crippen molar-refractivity contribution in [1.29, 1.82) is 5.41 Å². The zero-order valence-electron chi connectivity index (χ0n) is 10.2. The smallest absolute Gasteiger partial charge is 0.311 e. The third-order valence-corrected chi connectivity index (χ3v) is 2.83. The lowest BCUT2D eigenvalue weighted by molar-refractivity contribution is -0.385. The maximum Gasteiger partial charge on any atom is 0.311 e. The molecule has 0 saturated heterocycles. The first-order valence-corrected chi connectivity index (χ1v) is 5.92. The number of rotatable bonds is 4. The lowest BCUT2D eigenvalue weighted by Crippen LogP contribution is -2.11. The molecule has 0 aliphatic heterocycles. The summed E-state index contributed by atoms with van der Waals surface area (Å²) in [5.74, 6) is 0.283. The number of nitrogens with one attached hydrogen (secondary N) is 1. The van der Waals surface area contributed by atoms with Gasteiger partial charge in [-0.2, -0.15) is 0 Å². The van der Waals surface area contributed by atoms with Crippen LogP contribution in [0.5, 0.6) is 11.5 Å². The maximum atomic E-state index is 10.9. The van der Waals surface area contributed by atoms with Crippen LogP contribution in [0.4, 0.5) is 5.69 Å². The molecule has 0 aliphatic rings. The van der Waals surface area contributed by atoms with E-state index in [9.17, 15) is 10.1 Å². The van der Waals surface area contributed by atoms with Crippen LogP contribution in [0.25, 0.3) is 0 Å². The summed E-state index contributed by atoms with van der Waals surface area (Å²) in [6, 6.07) is 10.5. The van der Waals surface area contributed by atoms with Crippen molar-refractivity contribution in [2.75, 3.05) is 0 Å². The highest BCUT2D eigenvalue weighted by Gasteiger charge is 2.15. The number of nitrogens with two attached hydrogens (primary N) is 1. The second-order valence-electron chi connectivity index (χ2n) is 3.88. The van der Waals surface area contributed by atoms with Gasteiger partial charge in [-0.25, -0.2) is 0 Å². The number of para-hydroxylation sites is 2. The Morgan fingerprint density at radius 2 is 2.00 bits per heavy atom. The summed E-state index contributed by atoms with van der Waals surface area (Å²) >= 11 is 5.96. The molecule has 3 N–H and O–H groups in total. The van der Waals surface area contributed by atoms with Crippen molar-refractivity contribution < 1.29 is 9.66 Å². The molecule has 0 atom stereocenters. The second kappa shape index (κ2) is 5.58. The molecular formula is C13H10ClN3O3. The van der Waals surface area contributed by atoms with Crippen LogP contribution in [0.1, 0.15) is 5.56 Å². The van der Waals surface area contributed by atoms with E-state index in [-0.39, 0.29) is 22.3 Å². The Balaban J connectivity index is 2.34. The quantitative estimate of drug-likeness (QED) is 0.390. The SMILES string of the molecule is N=C(N)c1ccc(Oc2ccccc2[N+](=O)[O-])cc1Cl. The van der Waals surface area contributed by atoms with Gasteiger partial charge >= 0.3 is 5.69 Å². The third-order valence-electron chi connectivity index (χ3n) is 2.52. The van der Waals surface area contributed by atoms with Gasteiger partial charge in [0.2, 0.25) is 5.75 Å². The van der Waals surface area contributed by atoms with Gasteiger partial charge in [0.15, 0.2) is 0 Å². The highest BCUT2D eigenvalue weighted by Crippen LogP contribution is 2.32. The highest BCUT2D eigenvalue weighted by atomic mass is 35.5. The summed E-state index contributed by atoms with van der Waals surface area (Å²) in [4.78, 5) is 10.4. The van der Waals surface area contributed by atoms with Crippen LogP contribution >= 0.6 is 11.6 Å². The number of nitro benzene ring substituents is 1.